The molecule has 0 saturated carbocycles. The van der Waals surface area contributed by atoms with E-state index in [1.165, 1.54) is 7.11 Å². The van der Waals surface area contributed by atoms with Crippen molar-refractivity contribution in [3.8, 4) is 28.5 Å². The number of para-hydroxylation sites is 1. The second-order valence-corrected chi connectivity index (χ2v) is 7.84. The van der Waals surface area contributed by atoms with E-state index in [4.69, 9.17) is 21.1 Å². The Bertz CT molecular complexity index is 1310. The molecule has 1 heterocycles. The van der Waals surface area contributed by atoms with Gasteiger partial charge in [-0.3, -0.25) is 5.43 Å². The normalized spacial score (nSPS) is 10.9. The summed E-state index contributed by atoms with van der Waals surface area (Å²) in [5.74, 6) is 1.74. The largest absolute Gasteiger partial charge is 0.504 e. The molecule has 4 rings (SSSR count). The number of hydrazone groups is 1. The number of methoxy groups -OCH3 is 2. The number of aromatic hydroxyl groups is 1. The second kappa shape index (κ2) is 10.7. The molecule has 0 radical (unpaired) electrons. The highest BCUT2D eigenvalue weighted by atomic mass is 35.5. The molecule has 0 atom stereocenters. The van der Waals surface area contributed by atoms with Crippen LogP contribution in [0.15, 0.2) is 77.9 Å². The number of benzene rings is 3. The lowest BCUT2D eigenvalue weighted by molar-refractivity contribution is 0.373. The number of aromatic nitrogens is 2. The van der Waals surface area contributed by atoms with Gasteiger partial charge in [0.1, 0.15) is 5.75 Å². The zero-order chi connectivity index (χ0) is 23.9. The van der Waals surface area contributed by atoms with Gasteiger partial charge >= 0.3 is 0 Å². The van der Waals surface area contributed by atoms with Crippen LogP contribution in [0.25, 0.3) is 11.3 Å². The summed E-state index contributed by atoms with van der Waals surface area (Å²) >= 11 is 6.03. The van der Waals surface area contributed by atoms with Crippen molar-refractivity contribution >= 4 is 23.6 Å². The van der Waals surface area contributed by atoms with E-state index in [2.05, 4.69) is 20.7 Å². The minimum absolute atomic E-state index is 0.0651. The molecule has 0 aliphatic carbocycles. The number of phenols is 1. The molecule has 8 heteroatoms. The number of hydrogen-bond donors (Lipinski definition) is 2. The first-order valence-corrected chi connectivity index (χ1v) is 10.9. The van der Waals surface area contributed by atoms with Crippen molar-refractivity contribution in [3.63, 3.8) is 0 Å². The summed E-state index contributed by atoms with van der Waals surface area (Å²) in [6, 6.07) is 22.2. The van der Waals surface area contributed by atoms with E-state index in [-0.39, 0.29) is 5.75 Å². The summed E-state index contributed by atoms with van der Waals surface area (Å²) in [6.45, 7) is 0. The lowest BCUT2D eigenvalue weighted by Gasteiger charge is -2.12. The van der Waals surface area contributed by atoms with Crippen molar-refractivity contribution in [2.75, 3.05) is 19.6 Å². The predicted molar refractivity (Wildman–Crippen MR) is 134 cm³/mol. The Morgan fingerprint density at radius 2 is 1.68 bits per heavy atom. The molecule has 0 amide bonds. The van der Waals surface area contributed by atoms with Gasteiger partial charge in [-0.25, -0.2) is 0 Å². The molecular formula is C26H23ClN4O3. The summed E-state index contributed by atoms with van der Waals surface area (Å²) in [7, 11) is 3.15. The van der Waals surface area contributed by atoms with Gasteiger partial charge in [-0.05, 0) is 53.6 Å². The highest BCUT2D eigenvalue weighted by Crippen LogP contribution is 2.28. The fourth-order valence-corrected chi connectivity index (χ4v) is 3.54. The van der Waals surface area contributed by atoms with Gasteiger partial charge in [0.15, 0.2) is 17.3 Å². The number of rotatable bonds is 8. The van der Waals surface area contributed by atoms with Crippen molar-refractivity contribution in [2.24, 2.45) is 5.10 Å². The van der Waals surface area contributed by atoms with Gasteiger partial charge in [0, 0.05) is 22.6 Å². The molecule has 0 saturated heterocycles. The Morgan fingerprint density at radius 1 is 0.912 bits per heavy atom. The number of nitrogens with one attached hydrogen (secondary N) is 1. The van der Waals surface area contributed by atoms with Crippen LogP contribution in [0.3, 0.4) is 0 Å². The maximum Gasteiger partial charge on any atom is 0.172 e. The van der Waals surface area contributed by atoms with Gasteiger partial charge < -0.3 is 14.6 Å². The van der Waals surface area contributed by atoms with Crippen molar-refractivity contribution in [3.05, 3.63) is 94.5 Å². The summed E-state index contributed by atoms with van der Waals surface area (Å²) in [5.41, 5.74) is 7.27. The topological polar surface area (TPSA) is 88.9 Å². The standard InChI is InChI=1S/C26H23ClN4O3/c1-33-24-6-4-3-5-19(24)14-20-15-22(18-8-10-21(27)11-9-18)29-31-26(20)30-28-16-17-7-12-23(32)25(13-17)34-2/h3-13,15-16,32H,14H2,1-2H3,(H,30,31)/b28-16+. The number of anilines is 1. The van der Waals surface area contributed by atoms with Crippen LogP contribution in [-0.4, -0.2) is 35.7 Å². The van der Waals surface area contributed by atoms with Crippen LogP contribution in [0, 0.1) is 0 Å². The molecule has 0 aliphatic rings. The maximum absolute atomic E-state index is 9.77. The van der Waals surface area contributed by atoms with E-state index in [9.17, 15) is 5.11 Å². The Balaban J connectivity index is 1.65. The van der Waals surface area contributed by atoms with Crippen molar-refractivity contribution in [2.45, 2.75) is 6.42 Å². The van der Waals surface area contributed by atoms with Crippen LogP contribution in [0.5, 0.6) is 17.2 Å². The van der Waals surface area contributed by atoms with E-state index in [0.29, 0.717) is 23.0 Å². The lowest BCUT2D eigenvalue weighted by atomic mass is 10.0. The first-order chi connectivity index (χ1) is 16.6. The second-order valence-electron chi connectivity index (χ2n) is 7.40. The molecule has 0 bridgehead atoms. The zero-order valence-electron chi connectivity index (χ0n) is 18.7. The number of hydrogen-bond acceptors (Lipinski definition) is 7. The molecule has 0 aliphatic heterocycles. The summed E-state index contributed by atoms with van der Waals surface area (Å²) in [5, 5.41) is 23.5. The lowest BCUT2D eigenvalue weighted by Crippen LogP contribution is -2.04. The van der Waals surface area contributed by atoms with Crippen molar-refractivity contribution in [1.29, 1.82) is 0 Å². The summed E-state index contributed by atoms with van der Waals surface area (Å²) < 4.78 is 10.7. The van der Waals surface area contributed by atoms with Crippen LogP contribution >= 0.6 is 11.6 Å². The van der Waals surface area contributed by atoms with Gasteiger partial charge in [0.05, 0.1) is 26.1 Å². The van der Waals surface area contributed by atoms with Crippen molar-refractivity contribution in [1.82, 2.24) is 10.2 Å². The Kier molecular flexibility index (Phi) is 7.25. The number of ether oxygens (including phenoxy) is 2. The monoisotopic (exact) mass is 474 g/mol. The van der Waals surface area contributed by atoms with E-state index < -0.39 is 0 Å². The molecule has 172 valence electrons. The molecule has 1 aromatic heterocycles. The van der Waals surface area contributed by atoms with E-state index >= 15 is 0 Å². The molecule has 7 nitrogen and oxygen atoms in total. The third kappa shape index (κ3) is 5.44. The van der Waals surface area contributed by atoms with Crippen LogP contribution in [0.4, 0.5) is 5.82 Å². The first-order valence-electron chi connectivity index (χ1n) is 10.5. The van der Waals surface area contributed by atoms with Crippen LogP contribution in [-0.2, 0) is 6.42 Å². The van der Waals surface area contributed by atoms with E-state index in [0.717, 1.165) is 33.7 Å². The Hall–Kier alpha value is -4.10. The number of halogens is 1. The fourth-order valence-electron chi connectivity index (χ4n) is 3.42. The molecule has 3 aromatic carbocycles. The maximum atomic E-state index is 9.77. The van der Waals surface area contributed by atoms with Gasteiger partial charge in [-0.15, -0.1) is 10.2 Å². The van der Waals surface area contributed by atoms with Crippen LogP contribution in [0.1, 0.15) is 16.7 Å². The highest BCUT2D eigenvalue weighted by molar-refractivity contribution is 6.30. The summed E-state index contributed by atoms with van der Waals surface area (Å²) in [4.78, 5) is 0. The third-order valence-corrected chi connectivity index (χ3v) is 5.43. The summed E-state index contributed by atoms with van der Waals surface area (Å²) in [6.07, 6.45) is 2.18. The Morgan fingerprint density at radius 3 is 2.44 bits per heavy atom. The van der Waals surface area contributed by atoms with Gasteiger partial charge in [0.25, 0.3) is 0 Å². The quantitative estimate of drug-likeness (QED) is 0.257. The Labute approximate surface area is 202 Å². The molecule has 4 aromatic rings. The molecule has 0 unspecified atom stereocenters. The minimum Gasteiger partial charge on any atom is -0.504 e. The van der Waals surface area contributed by atoms with Crippen LogP contribution < -0.4 is 14.9 Å². The predicted octanol–water partition coefficient (Wildman–Crippen LogP) is 5.56. The minimum atomic E-state index is 0.0651. The third-order valence-electron chi connectivity index (χ3n) is 5.17. The fraction of sp³-hybridized carbons (Fsp3) is 0.115. The van der Waals surface area contributed by atoms with Gasteiger partial charge in [0.2, 0.25) is 0 Å². The molecule has 0 fully saturated rings. The molecule has 0 spiro atoms. The molecule has 2 N–H and O–H groups in total. The molecule has 34 heavy (non-hydrogen) atoms. The van der Waals surface area contributed by atoms with Gasteiger partial charge in [-0.2, -0.15) is 5.10 Å². The highest BCUT2D eigenvalue weighted by Gasteiger charge is 2.12. The number of nitrogens with zero attached hydrogens (tertiary/aromatic N) is 3. The average Bonchev–Trinajstić information content (AvgIpc) is 2.86. The van der Waals surface area contributed by atoms with E-state index in [1.54, 1.807) is 31.5 Å². The number of phenolic OH excluding ortho intramolecular Hbond substituents is 1. The first kappa shape index (κ1) is 23.1. The average molecular weight is 475 g/mol. The van der Waals surface area contributed by atoms with E-state index in [1.807, 2.05) is 54.6 Å². The molecular weight excluding hydrogens is 452 g/mol. The SMILES string of the molecule is COc1cc(/C=N/Nc2nnc(-c3ccc(Cl)cc3)cc2Cc2ccccc2OC)ccc1O. The zero-order valence-corrected chi connectivity index (χ0v) is 19.5. The van der Waals surface area contributed by atoms with Gasteiger partial charge in [-0.1, -0.05) is 41.9 Å². The van der Waals surface area contributed by atoms with Crippen LogP contribution in [0.2, 0.25) is 5.02 Å². The smallest absolute Gasteiger partial charge is 0.172 e. The van der Waals surface area contributed by atoms with Crippen molar-refractivity contribution < 1.29 is 14.6 Å².